The van der Waals surface area contributed by atoms with Crippen LogP contribution in [0.5, 0.6) is 0 Å². The van der Waals surface area contributed by atoms with E-state index < -0.39 is 0 Å². The van der Waals surface area contributed by atoms with Crippen molar-refractivity contribution in [1.82, 2.24) is 15.1 Å². The fourth-order valence-electron chi connectivity index (χ4n) is 2.25. The maximum atomic E-state index is 5.04. The van der Waals surface area contributed by atoms with Crippen LogP contribution >= 0.6 is 0 Å². The van der Waals surface area contributed by atoms with Gasteiger partial charge in [0.25, 0.3) is 0 Å². The van der Waals surface area contributed by atoms with Crippen molar-refractivity contribution in [3.8, 4) is 0 Å². The van der Waals surface area contributed by atoms with Gasteiger partial charge >= 0.3 is 0 Å². The highest BCUT2D eigenvalue weighted by Crippen LogP contribution is 2.28. The third-order valence-electron chi connectivity index (χ3n) is 3.07. The van der Waals surface area contributed by atoms with E-state index in [4.69, 9.17) is 4.74 Å². The van der Waals surface area contributed by atoms with E-state index in [-0.39, 0.29) is 0 Å². The van der Waals surface area contributed by atoms with Crippen LogP contribution in [-0.2, 0) is 18.2 Å². The predicted octanol–water partition coefficient (Wildman–Crippen LogP) is 1.03. The molecule has 84 valence electrons. The molecule has 0 fully saturated rings. The molecule has 15 heavy (non-hydrogen) atoms. The highest BCUT2D eigenvalue weighted by atomic mass is 16.5. The molecular weight excluding hydrogens is 190 g/mol. The van der Waals surface area contributed by atoms with E-state index in [0.717, 1.165) is 19.6 Å². The summed E-state index contributed by atoms with van der Waals surface area (Å²) in [6, 6.07) is 0.470. The van der Waals surface area contributed by atoms with Gasteiger partial charge in [0.05, 0.1) is 12.8 Å². The van der Waals surface area contributed by atoms with Gasteiger partial charge in [0.1, 0.15) is 0 Å². The van der Waals surface area contributed by atoms with Gasteiger partial charge in [-0.15, -0.1) is 0 Å². The zero-order chi connectivity index (χ0) is 10.7. The lowest BCUT2D eigenvalue weighted by molar-refractivity contribution is 0.194. The normalized spacial score (nSPS) is 20.3. The van der Waals surface area contributed by atoms with Gasteiger partial charge in [-0.3, -0.25) is 4.68 Å². The summed E-state index contributed by atoms with van der Waals surface area (Å²) in [6.45, 7) is 1.68. The second-order valence-corrected chi connectivity index (χ2v) is 4.06. The summed E-state index contributed by atoms with van der Waals surface area (Å²) in [7, 11) is 3.76. The molecule has 1 N–H and O–H groups in total. The van der Waals surface area contributed by atoms with Crippen LogP contribution in [0.1, 0.15) is 30.1 Å². The molecule has 1 heterocycles. The molecular formula is C11H19N3O. The van der Waals surface area contributed by atoms with E-state index in [9.17, 15) is 0 Å². The monoisotopic (exact) mass is 209 g/mol. The number of nitrogens with zero attached hydrogens (tertiary/aromatic N) is 2. The summed E-state index contributed by atoms with van der Waals surface area (Å²) < 4.78 is 7.04. The average Bonchev–Trinajstić information content (AvgIpc) is 2.62. The number of methoxy groups -OCH3 is 1. The first kappa shape index (κ1) is 10.6. The van der Waals surface area contributed by atoms with Crippen LogP contribution in [0.3, 0.4) is 0 Å². The van der Waals surface area contributed by atoms with Crippen molar-refractivity contribution < 1.29 is 4.74 Å². The molecule has 1 aliphatic carbocycles. The van der Waals surface area contributed by atoms with E-state index in [1.165, 1.54) is 24.1 Å². The maximum Gasteiger partial charge on any atom is 0.0587 e. The van der Waals surface area contributed by atoms with Gasteiger partial charge in [0.15, 0.2) is 0 Å². The minimum atomic E-state index is 0.470. The quantitative estimate of drug-likeness (QED) is 0.753. The lowest BCUT2D eigenvalue weighted by Gasteiger charge is -2.23. The molecule has 0 aromatic carbocycles. The molecule has 1 unspecified atom stereocenters. The molecule has 1 aromatic rings. The second-order valence-electron chi connectivity index (χ2n) is 4.06. The number of hydrogen-bond acceptors (Lipinski definition) is 3. The summed E-state index contributed by atoms with van der Waals surface area (Å²) in [5.74, 6) is 0. The molecule has 0 amide bonds. The van der Waals surface area contributed by atoms with Gasteiger partial charge in [0.2, 0.25) is 0 Å². The fraction of sp³-hybridized carbons (Fsp3) is 0.727. The molecule has 4 nitrogen and oxygen atoms in total. The zero-order valence-corrected chi connectivity index (χ0v) is 9.49. The van der Waals surface area contributed by atoms with Gasteiger partial charge in [-0.2, -0.15) is 5.10 Å². The van der Waals surface area contributed by atoms with Crippen molar-refractivity contribution in [2.24, 2.45) is 7.05 Å². The van der Waals surface area contributed by atoms with Crippen molar-refractivity contribution in [3.05, 3.63) is 17.5 Å². The Kier molecular flexibility index (Phi) is 3.38. The molecule has 0 aliphatic heterocycles. The number of hydrogen-bond donors (Lipinski definition) is 1. The largest absolute Gasteiger partial charge is 0.383 e. The van der Waals surface area contributed by atoms with E-state index in [0.29, 0.717) is 6.04 Å². The summed E-state index contributed by atoms with van der Waals surface area (Å²) in [5, 5.41) is 7.84. The maximum absolute atomic E-state index is 5.04. The minimum absolute atomic E-state index is 0.470. The topological polar surface area (TPSA) is 39.1 Å². The van der Waals surface area contributed by atoms with E-state index in [1.807, 2.05) is 17.9 Å². The number of aromatic nitrogens is 2. The molecule has 0 saturated heterocycles. The van der Waals surface area contributed by atoms with Crippen LogP contribution in [-0.4, -0.2) is 30.0 Å². The lowest BCUT2D eigenvalue weighted by Crippen LogP contribution is -2.28. The first-order chi connectivity index (χ1) is 7.33. The molecule has 0 spiro atoms. The number of rotatable bonds is 4. The van der Waals surface area contributed by atoms with Crippen molar-refractivity contribution in [2.45, 2.75) is 25.3 Å². The molecule has 1 aliphatic rings. The molecule has 0 radical (unpaired) electrons. The predicted molar refractivity (Wildman–Crippen MR) is 58.8 cm³/mol. The highest BCUT2D eigenvalue weighted by molar-refractivity contribution is 5.24. The molecule has 1 atom stereocenters. The second kappa shape index (κ2) is 4.77. The van der Waals surface area contributed by atoms with Crippen molar-refractivity contribution in [3.63, 3.8) is 0 Å². The molecule has 0 bridgehead atoms. The molecule has 2 rings (SSSR count). The summed E-state index contributed by atoms with van der Waals surface area (Å²) in [5.41, 5.74) is 2.76. The Hall–Kier alpha value is -0.870. The van der Waals surface area contributed by atoms with Gasteiger partial charge in [-0.25, -0.2) is 0 Å². The van der Waals surface area contributed by atoms with Gasteiger partial charge < -0.3 is 10.1 Å². The Bertz CT molecular complexity index is 322. The van der Waals surface area contributed by atoms with E-state index >= 15 is 0 Å². The van der Waals surface area contributed by atoms with Crippen molar-refractivity contribution >= 4 is 0 Å². The Balaban J connectivity index is 2.02. The van der Waals surface area contributed by atoms with Gasteiger partial charge in [-0.05, 0) is 19.3 Å². The van der Waals surface area contributed by atoms with Crippen LogP contribution < -0.4 is 5.32 Å². The van der Waals surface area contributed by atoms with Gasteiger partial charge in [-0.1, -0.05) is 0 Å². The lowest BCUT2D eigenvalue weighted by atomic mass is 9.93. The van der Waals surface area contributed by atoms with E-state index in [2.05, 4.69) is 10.4 Å². The highest BCUT2D eigenvalue weighted by Gasteiger charge is 2.22. The third-order valence-corrected chi connectivity index (χ3v) is 3.07. The Labute approximate surface area is 90.6 Å². The van der Waals surface area contributed by atoms with Crippen LogP contribution in [0.15, 0.2) is 6.20 Å². The Morgan fingerprint density at radius 2 is 2.53 bits per heavy atom. The van der Waals surface area contributed by atoms with Crippen LogP contribution in [0.2, 0.25) is 0 Å². The summed E-state index contributed by atoms with van der Waals surface area (Å²) in [4.78, 5) is 0. The smallest absolute Gasteiger partial charge is 0.0587 e. The van der Waals surface area contributed by atoms with Gasteiger partial charge in [0, 0.05) is 38.0 Å². The summed E-state index contributed by atoms with van der Waals surface area (Å²) >= 11 is 0. The first-order valence-electron chi connectivity index (χ1n) is 5.56. The SMILES string of the molecule is COCCNC1CCCc2c1cnn2C. The fourth-order valence-corrected chi connectivity index (χ4v) is 2.25. The Morgan fingerprint density at radius 1 is 1.67 bits per heavy atom. The standard InChI is InChI=1S/C11H19N3O/c1-14-11-5-3-4-10(9(11)8-13-14)12-6-7-15-2/h8,10,12H,3-7H2,1-2H3. The third kappa shape index (κ3) is 2.21. The number of fused-ring (bicyclic) bond motifs is 1. The zero-order valence-electron chi connectivity index (χ0n) is 9.49. The number of aryl methyl sites for hydroxylation is 1. The van der Waals surface area contributed by atoms with Crippen LogP contribution in [0, 0.1) is 0 Å². The molecule has 4 heteroatoms. The van der Waals surface area contributed by atoms with Crippen LogP contribution in [0.25, 0.3) is 0 Å². The number of ether oxygens (including phenoxy) is 1. The number of nitrogens with one attached hydrogen (secondary N) is 1. The minimum Gasteiger partial charge on any atom is -0.383 e. The summed E-state index contributed by atoms with van der Waals surface area (Å²) in [6.07, 6.45) is 5.62. The Morgan fingerprint density at radius 3 is 3.33 bits per heavy atom. The molecule has 1 aromatic heterocycles. The first-order valence-corrected chi connectivity index (χ1v) is 5.56. The van der Waals surface area contributed by atoms with Crippen molar-refractivity contribution in [2.75, 3.05) is 20.3 Å². The van der Waals surface area contributed by atoms with Crippen LogP contribution in [0.4, 0.5) is 0 Å². The molecule has 0 saturated carbocycles. The van der Waals surface area contributed by atoms with E-state index in [1.54, 1.807) is 7.11 Å². The van der Waals surface area contributed by atoms with Crippen molar-refractivity contribution in [1.29, 1.82) is 0 Å². The average molecular weight is 209 g/mol.